The molecule has 2 aromatic rings. The molecule has 1 aliphatic heterocycles. The molecule has 3 rings (SSSR count). The maximum Gasteiger partial charge on any atom is 0.308 e. The summed E-state index contributed by atoms with van der Waals surface area (Å²) in [6.07, 6.45) is 1.81. The first kappa shape index (κ1) is 17.6. The molecule has 1 N–H and O–H groups in total. The molecule has 3 heterocycles. The molecule has 0 aliphatic carbocycles. The standard InChI is InChI=1S/C17H18N4O5/c1-10-3-4-13-19-15(11(9-22)17(25)21(13)8-10)20-6-5-18-16(24)12(20)7-14(23)26-2/h3-4,8-9,12H,5-7H2,1-2H3,(H,18,24)/t12-/m1/s1. The number of methoxy groups -OCH3 is 1. The van der Waals surface area contributed by atoms with Crippen LogP contribution in [0.1, 0.15) is 22.3 Å². The maximum absolute atomic E-state index is 12.7. The smallest absolute Gasteiger partial charge is 0.308 e. The molecule has 1 amide bonds. The number of rotatable bonds is 4. The fourth-order valence-electron chi connectivity index (χ4n) is 2.98. The van der Waals surface area contributed by atoms with Crippen LogP contribution >= 0.6 is 0 Å². The summed E-state index contributed by atoms with van der Waals surface area (Å²) >= 11 is 0. The van der Waals surface area contributed by atoms with Crippen LogP contribution in [0.5, 0.6) is 0 Å². The second kappa shape index (κ2) is 6.95. The van der Waals surface area contributed by atoms with Gasteiger partial charge in [-0.15, -0.1) is 0 Å². The summed E-state index contributed by atoms with van der Waals surface area (Å²) in [5, 5.41) is 2.67. The minimum Gasteiger partial charge on any atom is -0.469 e. The number of amides is 1. The zero-order chi connectivity index (χ0) is 18.8. The molecule has 9 nitrogen and oxygen atoms in total. The molecule has 9 heteroatoms. The Morgan fingerprint density at radius 1 is 1.42 bits per heavy atom. The lowest BCUT2D eigenvalue weighted by atomic mass is 10.1. The van der Waals surface area contributed by atoms with Crippen molar-refractivity contribution in [2.45, 2.75) is 19.4 Å². The van der Waals surface area contributed by atoms with E-state index in [-0.39, 0.29) is 23.7 Å². The second-order valence-electron chi connectivity index (χ2n) is 5.99. The van der Waals surface area contributed by atoms with E-state index in [2.05, 4.69) is 15.0 Å². The Bertz CT molecular complexity index is 952. The number of carbonyl (C=O) groups is 3. The molecule has 136 valence electrons. The number of nitrogens with zero attached hydrogens (tertiary/aromatic N) is 3. The zero-order valence-electron chi connectivity index (χ0n) is 14.4. The third-order valence-electron chi connectivity index (χ3n) is 4.29. The monoisotopic (exact) mass is 358 g/mol. The lowest BCUT2D eigenvalue weighted by Crippen LogP contribution is -2.57. The molecule has 0 spiro atoms. The van der Waals surface area contributed by atoms with Crippen LogP contribution in [0.15, 0.2) is 23.1 Å². The van der Waals surface area contributed by atoms with Crippen molar-refractivity contribution in [3.63, 3.8) is 0 Å². The molecule has 2 aromatic heterocycles. The number of nitrogens with one attached hydrogen (secondary N) is 1. The van der Waals surface area contributed by atoms with Gasteiger partial charge in [0.1, 0.15) is 23.1 Å². The van der Waals surface area contributed by atoms with Gasteiger partial charge in [-0.3, -0.25) is 23.6 Å². The Balaban J connectivity index is 2.16. The second-order valence-corrected chi connectivity index (χ2v) is 5.99. The van der Waals surface area contributed by atoms with Crippen LogP contribution in [0.3, 0.4) is 0 Å². The Hall–Kier alpha value is -3.23. The van der Waals surface area contributed by atoms with E-state index in [1.165, 1.54) is 16.4 Å². The van der Waals surface area contributed by atoms with E-state index in [1.807, 2.05) is 6.92 Å². The van der Waals surface area contributed by atoms with Crippen LogP contribution in [0.2, 0.25) is 0 Å². The van der Waals surface area contributed by atoms with Gasteiger partial charge in [-0.25, -0.2) is 4.98 Å². The molecule has 1 saturated heterocycles. The van der Waals surface area contributed by atoms with Crippen molar-refractivity contribution in [2.24, 2.45) is 0 Å². The van der Waals surface area contributed by atoms with Gasteiger partial charge in [-0.05, 0) is 18.6 Å². The number of anilines is 1. The van der Waals surface area contributed by atoms with Gasteiger partial charge in [0, 0.05) is 19.3 Å². The van der Waals surface area contributed by atoms with Gasteiger partial charge in [0.25, 0.3) is 5.56 Å². The normalized spacial score (nSPS) is 17.1. The van der Waals surface area contributed by atoms with Crippen molar-refractivity contribution < 1.29 is 19.1 Å². The van der Waals surface area contributed by atoms with Gasteiger partial charge in [0.05, 0.1) is 13.5 Å². The van der Waals surface area contributed by atoms with E-state index in [1.54, 1.807) is 18.3 Å². The minimum absolute atomic E-state index is 0.0950. The Morgan fingerprint density at radius 2 is 2.19 bits per heavy atom. The van der Waals surface area contributed by atoms with Crippen LogP contribution in [0.25, 0.3) is 5.65 Å². The molecule has 1 aliphatic rings. The molecular formula is C17H18N4O5. The van der Waals surface area contributed by atoms with Gasteiger partial charge in [-0.1, -0.05) is 6.07 Å². The first-order chi connectivity index (χ1) is 12.5. The predicted octanol–water partition coefficient (Wildman–Crippen LogP) is -0.317. The number of aldehydes is 1. The Morgan fingerprint density at radius 3 is 2.88 bits per heavy atom. The summed E-state index contributed by atoms with van der Waals surface area (Å²) in [5.74, 6) is -0.861. The first-order valence-electron chi connectivity index (χ1n) is 8.05. The van der Waals surface area contributed by atoms with E-state index >= 15 is 0 Å². The van der Waals surface area contributed by atoms with E-state index < -0.39 is 17.6 Å². The molecule has 0 saturated carbocycles. The number of piperazine rings is 1. The number of ether oxygens (including phenoxy) is 1. The highest BCUT2D eigenvalue weighted by molar-refractivity contribution is 5.92. The molecule has 0 aromatic carbocycles. The lowest BCUT2D eigenvalue weighted by molar-refractivity contribution is -0.143. The number of pyridine rings is 1. The number of carbonyl (C=O) groups excluding carboxylic acids is 3. The average molecular weight is 358 g/mol. The number of hydrogen-bond acceptors (Lipinski definition) is 7. The highest BCUT2D eigenvalue weighted by Gasteiger charge is 2.35. The fourth-order valence-corrected chi connectivity index (χ4v) is 2.98. The molecule has 1 atom stereocenters. The van der Waals surface area contributed by atoms with Crippen molar-refractivity contribution >= 4 is 29.6 Å². The molecule has 1 fully saturated rings. The van der Waals surface area contributed by atoms with Crippen LogP contribution in [-0.4, -0.2) is 53.8 Å². The van der Waals surface area contributed by atoms with E-state index in [9.17, 15) is 19.2 Å². The molecule has 26 heavy (non-hydrogen) atoms. The van der Waals surface area contributed by atoms with Gasteiger partial charge in [0.2, 0.25) is 5.91 Å². The predicted molar refractivity (Wildman–Crippen MR) is 92.4 cm³/mol. The largest absolute Gasteiger partial charge is 0.469 e. The summed E-state index contributed by atoms with van der Waals surface area (Å²) < 4.78 is 5.94. The average Bonchev–Trinajstić information content (AvgIpc) is 2.63. The highest BCUT2D eigenvalue weighted by atomic mass is 16.5. The van der Waals surface area contributed by atoms with E-state index in [0.717, 1.165) is 5.56 Å². The van der Waals surface area contributed by atoms with Gasteiger partial charge < -0.3 is 15.0 Å². The van der Waals surface area contributed by atoms with Crippen molar-refractivity contribution in [2.75, 3.05) is 25.1 Å². The summed E-state index contributed by atoms with van der Waals surface area (Å²) in [4.78, 5) is 54.2. The van der Waals surface area contributed by atoms with E-state index in [0.29, 0.717) is 25.0 Å². The van der Waals surface area contributed by atoms with Crippen molar-refractivity contribution in [1.82, 2.24) is 14.7 Å². The maximum atomic E-state index is 12.7. The number of fused-ring (bicyclic) bond motifs is 1. The fraction of sp³-hybridized carbons (Fsp3) is 0.353. The van der Waals surface area contributed by atoms with Gasteiger partial charge in [0.15, 0.2) is 6.29 Å². The van der Waals surface area contributed by atoms with Crippen LogP contribution in [-0.2, 0) is 14.3 Å². The molecule has 0 bridgehead atoms. The number of hydrogen-bond donors (Lipinski definition) is 1. The Kier molecular flexibility index (Phi) is 4.70. The third-order valence-corrected chi connectivity index (χ3v) is 4.29. The quantitative estimate of drug-likeness (QED) is 0.589. The first-order valence-corrected chi connectivity index (χ1v) is 8.05. The number of esters is 1. The third kappa shape index (κ3) is 3.03. The summed E-state index contributed by atoms with van der Waals surface area (Å²) in [6.45, 7) is 2.44. The molecule has 0 unspecified atom stereocenters. The SMILES string of the molecule is COC(=O)C[C@@H]1C(=O)NCCN1c1nc2ccc(C)cn2c(=O)c1C=O. The van der Waals surface area contributed by atoms with Crippen LogP contribution in [0.4, 0.5) is 5.82 Å². The van der Waals surface area contributed by atoms with Gasteiger partial charge in [-0.2, -0.15) is 0 Å². The molecular weight excluding hydrogens is 340 g/mol. The topological polar surface area (TPSA) is 110 Å². The van der Waals surface area contributed by atoms with Crippen LogP contribution in [0, 0.1) is 6.92 Å². The van der Waals surface area contributed by atoms with Gasteiger partial charge >= 0.3 is 5.97 Å². The van der Waals surface area contributed by atoms with Crippen molar-refractivity contribution in [3.05, 3.63) is 39.8 Å². The molecule has 0 radical (unpaired) electrons. The minimum atomic E-state index is -0.908. The number of aryl methyl sites for hydroxylation is 1. The zero-order valence-corrected chi connectivity index (χ0v) is 14.4. The van der Waals surface area contributed by atoms with Crippen molar-refractivity contribution in [3.8, 4) is 0 Å². The Labute approximate surface area is 148 Å². The number of aromatic nitrogens is 2. The lowest BCUT2D eigenvalue weighted by Gasteiger charge is -2.35. The summed E-state index contributed by atoms with van der Waals surface area (Å²) in [7, 11) is 1.23. The summed E-state index contributed by atoms with van der Waals surface area (Å²) in [5.41, 5.74) is 0.514. The van der Waals surface area contributed by atoms with Crippen LogP contribution < -0.4 is 15.8 Å². The summed E-state index contributed by atoms with van der Waals surface area (Å²) in [6, 6.07) is 2.55. The van der Waals surface area contributed by atoms with E-state index in [4.69, 9.17) is 0 Å². The van der Waals surface area contributed by atoms with Crippen molar-refractivity contribution in [1.29, 1.82) is 0 Å². The highest BCUT2D eigenvalue weighted by Crippen LogP contribution is 2.21.